The first-order valence-corrected chi connectivity index (χ1v) is 8.30. The van der Waals surface area contributed by atoms with E-state index in [9.17, 15) is 8.42 Å². The summed E-state index contributed by atoms with van der Waals surface area (Å²) in [5.41, 5.74) is 7.06. The van der Waals surface area contributed by atoms with Crippen LogP contribution in [0.4, 0.5) is 5.69 Å². The summed E-state index contributed by atoms with van der Waals surface area (Å²) in [5.74, 6) is 0. The second-order valence-electron chi connectivity index (χ2n) is 4.48. The van der Waals surface area contributed by atoms with Crippen molar-refractivity contribution >= 4 is 31.6 Å². The minimum absolute atomic E-state index is 0.201. The molecule has 0 aliphatic carbocycles. The van der Waals surface area contributed by atoms with Gasteiger partial charge in [0, 0.05) is 16.2 Å². The Morgan fingerprint density at radius 1 is 1.15 bits per heavy atom. The van der Waals surface area contributed by atoms with Gasteiger partial charge >= 0.3 is 0 Å². The number of hydrogen-bond acceptors (Lipinski definition) is 3. The third-order valence-corrected chi connectivity index (χ3v) is 4.64. The number of benzene rings is 2. The van der Waals surface area contributed by atoms with Crippen molar-refractivity contribution in [3.05, 3.63) is 58.6 Å². The van der Waals surface area contributed by atoms with E-state index < -0.39 is 10.0 Å². The van der Waals surface area contributed by atoms with Crippen LogP contribution in [0.5, 0.6) is 0 Å². The van der Waals surface area contributed by atoms with E-state index in [0.717, 1.165) is 10.0 Å². The van der Waals surface area contributed by atoms with Gasteiger partial charge in [-0.2, -0.15) is 0 Å². The van der Waals surface area contributed by atoms with Crippen molar-refractivity contribution in [1.82, 2.24) is 0 Å². The summed E-state index contributed by atoms with van der Waals surface area (Å²) in [7, 11) is -3.61. The molecule has 0 bridgehead atoms. The standard InChI is InChI=1S/C14H15BrN2O2S/c1-10(16)11-4-2-7-14(8-11)20(18,19)17-13-6-3-5-12(15)9-13/h2-10,17H,16H2,1H3. The summed E-state index contributed by atoms with van der Waals surface area (Å²) in [6.45, 7) is 1.81. The van der Waals surface area contributed by atoms with E-state index >= 15 is 0 Å². The van der Waals surface area contributed by atoms with Crippen molar-refractivity contribution in [2.75, 3.05) is 4.72 Å². The number of hydrogen-bond donors (Lipinski definition) is 2. The van der Waals surface area contributed by atoms with Gasteiger partial charge in [-0.15, -0.1) is 0 Å². The molecule has 20 heavy (non-hydrogen) atoms. The Morgan fingerprint density at radius 3 is 2.50 bits per heavy atom. The fourth-order valence-corrected chi connectivity index (χ4v) is 3.23. The Balaban J connectivity index is 2.33. The second kappa shape index (κ2) is 5.95. The number of rotatable bonds is 4. The van der Waals surface area contributed by atoms with Crippen molar-refractivity contribution in [3.8, 4) is 0 Å². The maximum atomic E-state index is 12.3. The summed E-state index contributed by atoms with van der Waals surface area (Å²) in [5, 5.41) is 0. The smallest absolute Gasteiger partial charge is 0.261 e. The summed E-state index contributed by atoms with van der Waals surface area (Å²) >= 11 is 3.31. The molecule has 3 N–H and O–H groups in total. The molecule has 0 aromatic heterocycles. The zero-order valence-electron chi connectivity index (χ0n) is 10.9. The number of nitrogens with one attached hydrogen (secondary N) is 1. The molecule has 0 fully saturated rings. The highest BCUT2D eigenvalue weighted by Crippen LogP contribution is 2.21. The molecule has 0 spiro atoms. The molecule has 4 nitrogen and oxygen atoms in total. The van der Waals surface area contributed by atoms with Gasteiger partial charge in [0.25, 0.3) is 10.0 Å². The number of anilines is 1. The van der Waals surface area contributed by atoms with E-state index in [0.29, 0.717) is 5.69 Å². The highest BCUT2D eigenvalue weighted by Gasteiger charge is 2.15. The topological polar surface area (TPSA) is 72.2 Å². The first-order valence-electron chi connectivity index (χ1n) is 6.02. The lowest BCUT2D eigenvalue weighted by molar-refractivity contribution is 0.601. The van der Waals surface area contributed by atoms with Crippen molar-refractivity contribution in [3.63, 3.8) is 0 Å². The quantitative estimate of drug-likeness (QED) is 0.884. The molecule has 0 saturated heterocycles. The number of halogens is 1. The summed E-state index contributed by atoms with van der Waals surface area (Å²) in [6.07, 6.45) is 0. The molecule has 106 valence electrons. The van der Waals surface area contributed by atoms with E-state index in [-0.39, 0.29) is 10.9 Å². The van der Waals surface area contributed by atoms with Gasteiger partial charge < -0.3 is 5.73 Å². The van der Waals surface area contributed by atoms with E-state index in [1.54, 1.807) is 36.4 Å². The average molecular weight is 355 g/mol. The highest BCUT2D eigenvalue weighted by atomic mass is 79.9. The molecule has 2 rings (SSSR count). The molecular formula is C14H15BrN2O2S. The fraction of sp³-hybridized carbons (Fsp3) is 0.143. The third kappa shape index (κ3) is 3.59. The molecule has 1 atom stereocenters. The van der Waals surface area contributed by atoms with Crippen LogP contribution in [0.3, 0.4) is 0 Å². The molecule has 0 heterocycles. The van der Waals surface area contributed by atoms with E-state index in [1.165, 1.54) is 0 Å². The zero-order valence-corrected chi connectivity index (χ0v) is 13.3. The second-order valence-corrected chi connectivity index (χ2v) is 7.08. The predicted octanol–water partition coefficient (Wildman–Crippen LogP) is 3.27. The van der Waals surface area contributed by atoms with Gasteiger partial charge in [0.05, 0.1) is 4.90 Å². The zero-order chi connectivity index (χ0) is 14.8. The van der Waals surface area contributed by atoms with Gasteiger partial charge in [-0.3, -0.25) is 4.72 Å². The van der Waals surface area contributed by atoms with Gasteiger partial charge in [0.2, 0.25) is 0 Å². The maximum Gasteiger partial charge on any atom is 0.261 e. The van der Waals surface area contributed by atoms with Crippen LogP contribution >= 0.6 is 15.9 Å². The van der Waals surface area contributed by atoms with E-state index in [4.69, 9.17) is 5.73 Å². The Labute approximate surface area is 127 Å². The molecule has 0 aliphatic heterocycles. The largest absolute Gasteiger partial charge is 0.324 e. The summed E-state index contributed by atoms with van der Waals surface area (Å²) < 4.78 is 28.0. The van der Waals surface area contributed by atoms with Crippen LogP contribution in [0.2, 0.25) is 0 Å². The lowest BCUT2D eigenvalue weighted by Crippen LogP contribution is -2.14. The minimum atomic E-state index is -3.61. The molecule has 0 aliphatic rings. The lowest BCUT2D eigenvalue weighted by atomic mass is 10.1. The molecule has 1 unspecified atom stereocenters. The van der Waals surface area contributed by atoms with Gasteiger partial charge in [-0.05, 0) is 42.8 Å². The average Bonchev–Trinajstić information content (AvgIpc) is 2.38. The molecule has 0 saturated carbocycles. The van der Waals surface area contributed by atoms with Crippen LogP contribution in [0.1, 0.15) is 18.5 Å². The maximum absolute atomic E-state index is 12.3. The van der Waals surface area contributed by atoms with Gasteiger partial charge in [-0.1, -0.05) is 34.1 Å². The summed E-state index contributed by atoms with van der Waals surface area (Å²) in [4.78, 5) is 0.201. The van der Waals surface area contributed by atoms with Crippen molar-refractivity contribution < 1.29 is 8.42 Å². The van der Waals surface area contributed by atoms with Crippen molar-refractivity contribution in [1.29, 1.82) is 0 Å². The van der Waals surface area contributed by atoms with E-state index in [2.05, 4.69) is 20.7 Å². The fourth-order valence-electron chi connectivity index (χ4n) is 1.73. The van der Waals surface area contributed by atoms with Crippen LogP contribution in [-0.2, 0) is 10.0 Å². The van der Waals surface area contributed by atoms with Gasteiger partial charge in [0.15, 0.2) is 0 Å². The lowest BCUT2D eigenvalue weighted by Gasteiger charge is -2.11. The minimum Gasteiger partial charge on any atom is -0.324 e. The van der Waals surface area contributed by atoms with Crippen molar-refractivity contribution in [2.24, 2.45) is 5.73 Å². The van der Waals surface area contributed by atoms with Crippen LogP contribution in [0, 0.1) is 0 Å². The van der Waals surface area contributed by atoms with Crippen LogP contribution in [-0.4, -0.2) is 8.42 Å². The molecule has 0 radical (unpaired) electrons. The number of sulfonamides is 1. The molecule has 2 aromatic carbocycles. The molecule has 2 aromatic rings. The Hall–Kier alpha value is -1.37. The first kappa shape index (κ1) is 15.0. The van der Waals surface area contributed by atoms with Gasteiger partial charge in [0.1, 0.15) is 0 Å². The first-order chi connectivity index (χ1) is 9.38. The monoisotopic (exact) mass is 354 g/mol. The van der Waals surface area contributed by atoms with Crippen LogP contribution < -0.4 is 10.5 Å². The highest BCUT2D eigenvalue weighted by molar-refractivity contribution is 9.10. The molecular weight excluding hydrogens is 340 g/mol. The van der Waals surface area contributed by atoms with Gasteiger partial charge in [-0.25, -0.2) is 8.42 Å². The number of nitrogens with two attached hydrogens (primary N) is 1. The third-order valence-electron chi connectivity index (χ3n) is 2.77. The molecule has 6 heteroatoms. The molecule has 0 amide bonds. The Kier molecular flexibility index (Phi) is 4.47. The Bertz CT molecular complexity index is 715. The SMILES string of the molecule is CC(N)c1cccc(S(=O)(=O)Nc2cccc(Br)c2)c1. The summed E-state index contributed by atoms with van der Waals surface area (Å²) in [6, 6.07) is 13.4. The van der Waals surface area contributed by atoms with Crippen LogP contribution in [0.15, 0.2) is 57.9 Å². The van der Waals surface area contributed by atoms with Crippen molar-refractivity contribution in [2.45, 2.75) is 17.9 Å². The Morgan fingerprint density at radius 2 is 1.85 bits per heavy atom. The normalized spacial score (nSPS) is 12.9. The van der Waals surface area contributed by atoms with E-state index in [1.807, 2.05) is 19.1 Å². The van der Waals surface area contributed by atoms with Crippen LogP contribution in [0.25, 0.3) is 0 Å². The predicted molar refractivity (Wildman–Crippen MR) is 84.0 cm³/mol.